The number of aromatic nitrogens is 1. The van der Waals surface area contributed by atoms with Crippen LogP contribution in [-0.4, -0.2) is 72.7 Å². The zero-order chi connectivity index (χ0) is 22.2. The van der Waals surface area contributed by atoms with Gasteiger partial charge < -0.3 is 19.5 Å². The van der Waals surface area contributed by atoms with Gasteiger partial charge in [-0.3, -0.25) is 14.5 Å². The lowest BCUT2D eigenvalue weighted by Gasteiger charge is -2.30. The van der Waals surface area contributed by atoms with Crippen LogP contribution in [0.2, 0.25) is 0 Å². The number of benzene rings is 2. The summed E-state index contributed by atoms with van der Waals surface area (Å²) in [7, 11) is 0. The molecule has 2 aromatic carbocycles. The minimum Gasteiger partial charge on any atom is -0.379 e. The summed E-state index contributed by atoms with van der Waals surface area (Å²) >= 11 is 0. The molecule has 1 fully saturated rings. The third-order valence-electron chi connectivity index (χ3n) is 5.36. The average molecular weight is 434 g/mol. The maximum Gasteiger partial charge on any atom is 0.254 e. The van der Waals surface area contributed by atoms with E-state index in [0.717, 1.165) is 24.2 Å². The summed E-state index contributed by atoms with van der Waals surface area (Å²) < 4.78 is 10.1. The molecule has 0 spiro atoms. The molecular formula is C24H26N4O4. The van der Waals surface area contributed by atoms with Crippen LogP contribution in [0.3, 0.4) is 0 Å². The molecule has 3 aromatic rings. The molecule has 1 aromatic heterocycles. The molecule has 2 heterocycles. The maximum atomic E-state index is 13.3. The summed E-state index contributed by atoms with van der Waals surface area (Å²) in [5.74, 6) is -0.189. The van der Waals surface area contributed by atoms with Gasteiger partial charge in [0.05, 0.1) is 13.2 Å². The molecule has 166 valence electrons. The number of morpholine rings is 1. The molecule has 0 unspecified atom stereocenters. The molecule has 2 amide bonds. The normalized spacial score (nSPS) is 14.1. The molecule has 0 radical (unpaired) electrons. The van der Waals surface area contributed by atoms with Gasteiger partial charge in [-0.2, -0.15) is 0 Å². The largest absolute Gasteiger partial charge is 0.379 e. The lowest BCUT2D eigenvalue weighted by atomic mass is 10.0. The molecule has 8 nitrogen and oxygen atoms in total. The number of amides is 2. The van der Waals surface area contributed by atoms with E-state index in [1.807, 2.05) is 54.6 Å². The molecule has 1 saturated heterocycles. The molecule has 0 aliphatic carbocycles. The van der Waals surface area contributed by atoms with Gasteiger partial charge in [-0.15, -0.1) is 0 Å². The van der Waals surface area contributed by atoms with Crippen LogP contribution in [-0.2, 0) is 9.53 Å². The zero-order valence-electron chi connectivity index (χ0n) is 17.8. The highest BCUT2D eigenvalue weighted by atomic mass is 16.5. The Morgan fingerprint density at radius 3 is 2.38 bits per heavy atom. The van der Waals surface area contributed by atoms with Crippen molar-refractivity contribution in [2.24, 2.45) is 0 Å². The zero-order valence-corrected chi connectivity index (χ0v) is 17.8. The van der Waals surface area contributed by atoms with Gasteiger partial charge in [0.2, 0.25) is 5.91 Å². The lowest BCUT2D eigenvalue weighted by Crippen LogP contribution is -2.45. The first kappa shape index (κ1) is 21.7. The van der Waals surface area contributed by atoms with Gasteiger partial charge in [-0.1, -0.05) is 47.6 Å². The van der Waals surface area contributed by atoms with Crippen molar-refractivity contribution in [3.8, 4) is 11.1 Å². The number of nitrogens with zero attached hydrogens (tertiary/aromatic N) is 3. The number of nitrogens with one attached hydrogen (secondary N) is 1. The summed E-state index contributed by atoms with van der Waals surface area (Å²) in [5, 5.41) is 6.35. The smallest absolute Gasteiger partial charge is 0.254 e. The van der Waals surface area contributed by atoms with E-state index in [1.54, 1.807) is 11.0 Å². The molecule has 1 aliphatic rings. The highest BCUT2D eigenvalue weighted by Crippen LogP contribution is 2.20. The number of carbonyl (C=O) groups excluding carboxylic acids is 2. The average Bonchev–Trinajstić information content (AvgIpc) is 3.35. The van der Waals surface area contributed by atoms with Crippen molar-refractivity contribution < 1.29 is 18.8 Å². The minimum atomic E-state index is -0.324. The van der Waals surface area contributed by atoms with Crippen molar-refractivity contribution in [3.05, 3.63) is 72.5 Å². The highest BCUT2D eigenvalue weighted by Gasteiger charge is 2.21. The van der Waals surface area contributed by atoms with Gasteiger partial charge in [0, 0.05) is 37.8 Å². The number of carbonyl (C=O) groups is 2. The Bertz CT molecular complexity index is 1000. The molecule has 4 rings (SSSR count). The second kappa shape index (κ2) is 10.7. The van der Waals surface area contributed by atoms with E-state index < -0.39 is 0 Å². The molecule has 1 N–H and O–H groups in total. The fraction of sp³-hybridized carbons (Fsp3) is 0.292. The van der Waals surface area contributed by atoms with Crippen molar-refractivity contribution >= 4 is 17.6 Å². The number of rotatable bonds is 8. The van der Waals surface area contributed by atoms with E-state index in [0.29, 0.717) is 37.7 Å². The second-order valence-corrected chi connectivity index (χ2v) is 7.56. The summed E-state index contributed by atoms with van der Waals surface area (Å²) in [5.41, 5.74) is 2.66. The minimum absolute atomic E-state index is 0.0729. The lowest BCUT2D eigenvalue weighted by molar-refractivity contribution is -0.117. The van der Waals surface area contributed by atoms with Gasteiger partial charge in [0.1, 0.15) is 12.8 Å². The van der Waals surface area contributed by atoms with E-state index in [1.165, 1.54) is 6.26 Å². The van der Waals surface area contributed by atoms with Crippen molar-refractivity contribution in [3.63, 3.8) is 0 Å². The topological polar surface area (TPSA) is 87.9 Å². The SMILES string of the molecule is O=C(CN(CCN1CCOCC1)C(=O)c1ccc(-c2ccccc2)cc1)Nc1ccon1. The standard InChI is InChI=1S/C24H26N4O4/c29-23(25-22-10-15-32-26-22)18-28(12-11-27-13-16-31-17-14-27)24(30)21-8-6-20(7-9-21)19-4-2-1-3-5-19/h1-10,15H,11-14,16-18H2,(H,25,26,29). The van der Waals surface area contributed by atoms with Crippen LogP contribution < -0.4 is 5.32 Å². The Labute approximate surface area is 186 Å². The molecule has 0 saturated carbocycles. The second-order valence-electron chi connectivity index (χ2n) is 7.56. The summed E-state index contributed by atoms with van der Waals surface area (Å²) in [4.78, 5) is 29.6. The van der Waals surface area contributed by atoms with Crippen molar-refractivity contribution in [1.82, 2.24) is 15.0 Å². The summed E-state index contributed by atoms with van der Waals surface area (Å²) in [6.07, 6.45) is 1.38. The Morgan fingerprint density at radius 2 is 1.69 bits per heavy atom. The van der Waals surface area contributed by atoms with Gasteiger partial charge >= 0.3 is 0 Å². The molecule has 1 aliphatic heterocycles. The summed E-state index contributed by atoms with van der Waals surface area (Å²) in [6.45, 7) is 4.04. The van der Waals surface area contributed by atoms with Crippen molar-refractivity contribution in [1.29, 1.82) is 0 Å². The van der Waals surface area contributed by atoms with Crippen LogP contribution in [0.15, 0.2) is 71.4 Å². The molecule has 0 bridgehead atoms. The first-order chi connectivity index (χ1) is 15.7. The van der Waals surface area contributed by atoms with Gasteiger partial charge in [-0.25, -0.2) is 0 Å². The van der Waals surface area contributed by atoms with Crippen molar-refractivity contribution in [2.45, 2.75) is 0 Å². The van der Waals surface area contributed by atoms with E-state index in [4.69, 9.17) is 9.26 Å². The van der Waals surface area contributed by atoms with E-state index in [-0.39, 0.29) is 18.4 Å². The van der Waals surface area contributed by atoms with Crippen LogP contribution >= 0.6 is 0 Å². The number of hydrogen-bond donors (Lipinski definition) is 1. The van der Waals surface area contributed by atoms with Crippen LogP contribution in [0.5, 0.6) is 0 Å². The Kier molecular flexibility index (Phi) is 7.27. The van der Waals surface area contributed by atoms with E-state index in [9.17, 15) is 9.59 Å². The Balaban J connectivity index is 1.45. The molecule has 0 atom stereocenters. The molecular weight excluding hydrogens is 408 g/mol. The fourth-order valence-corrected chi connectivity index (χ4v) is 3.59. The summed E-state index contributed by atoms with van der Waals surface area (Å²) in [6, 6.07) is 19.0. The van der Waals surface area contributed by atoms with E-state index in [2.05, 4.69) is 15.4 Å². The third-order valence-corrected chi connectivity index (χ3v) is 5.36. The Morgan fingerprint density at radius 1 is 0.969 bits per heavy atom. The fourth-order valence-electron chi connectivity index (χ4n) is 3.59. The first-order valence-corrected chi connectivity index (χ1v) is 10.6. The molecule has 32 heavy (non-hydrogen) atoms. The maximum absolute atomic E-state index is 13.3. The molecule has 8 heteroatoms. The number of ether oxygens (including phenoxy) is 1. The van der Waals surface area contributed by atoms with Crippen molar-refractivity contribution in [2.75, 3.05) is 51.3 Å². The van der Waals surface area contributed by atoms with Crippen LogP contribution in [0, 0.1) is 0 Å². The highest BCUT2D eigenvalue weighted by molar-refractivity contribution is 5.99. The monoisotopic (exact) mass is 434 g/mol. The predicted molar refractivity (Wildman–Crippen MR) is 120 cm³/mol. The van der Waals surface area contributed by atoms with Crippen LogP contribution in [0.4, 0.5) is 5.82 Å². The predicted octanol–water partition coefficient (Wildman–Crippen LogP) is 2.75. The Hall–Kier alpha value is -3.49. The quantitative estimate of drug-likeness (QED) is 0.587. The number of hydrogen-bond acceptors (Lipinski definition) is 6. The van der Waals surface area contributed by atoms with Gasteiger partial charge in [0.15, 0.2) is 5.82 Å². The third kappa shape index (κ3) is 5.81. The first-order valence-electron chi connectivity index (χ1n) is 10.6. The van der Waals surface area contributed by atoms with Crippen LogP contribution in [0.25, 0.3) is 11.1 Å². The van der Waals surface area contributed by atoms with E-state index >= 15 is 0 Å². The van der Waals surface area contributed by atoms with Gasteiger partial charge in [0.25, 0.3) is 5.91 Å². The van der Waals surface area contributed by atoms with Gasteiger partial charge in [-0.05, 0) is 23.3 Å². The van der Waals surface area contributed by atoms with Crippen LogP contribution in [0.1, 0.15) is 10.4 Å². The number of anilines is 1.